The predicted molar refractivity (Wildman–Crippen MR) is 83.6 cm³/mol. The van der Waals surface area contributed by atoms with Crippen LogP contribution in [0.4, 0.5) is 5.69 Å². The first-order valence-electron chi connectivity index (χ1n) is 6.93. The second-order valence-corrected chi connectivity index (χ2v) is 6.18. The van der Waals surface area contributed by atoms with Gasteiger partial charge in [-0.1, -0.05) is 15.9 Å². The monoisotopic (exact) mass is 326 g/mol. The van der Waals surface area contributed by atoms with E-state index in [0.717, 1.165) is 25.3 Å². The number of hydrogen-bond donors (Lipinski definition) is 2. The Morgan fingerprint density at radius 1 is 1.42 bits per heavy atom. The van der Waals surface area contributed by atoms with Crippen molar-refractivity contribution in [1.82, 2.24) is 0 Å². The summed E-state index contributed by atoms with van der Waals surface area (Å²) >= 11 is 3.60. The fourth-order valence-electron chi connectivity index (χ4n) is 2.70. The maximum atomic E-state index is 5.93. The Kier molecular flexibility index (Phi) is 5.25. The standard InChI is InChI=1S/C15H23BrN2O/c1-10-6-13(7-11(2)15(10)16)18-14(8-17)12-4-3-5-19-9-12/h6-7,12,14,18H,3-5,8-9,17H2,1-2H3. The summed E-state index contributed by atoms with van der Waals surface area (Å²) in [6.45, 7) is 6.59. The van der Waals surface area contributed by atoms with Crippen LogP contribution in [0.5, 0.6) is 0 Å². The minimum Gasteiger partial charge on any atom is -0.381 e. The lowest BCUT2D eigenvalue weighted by atomic mass is 9.93. The van der Waals surface area contributed by atoms with E-state index in [2.05, 4.69) is 47.2 Å². The summed E-state index contributed by atoms with van der Waals surface area (Å²) in [4.78, 5) is 0. The Bertz CT molecular complexity index is 407. The number of nitrogens with two attached hydrogens (primary N) is 1. The van der Waals surface area contributed by atoms with Crippen molar-refractivity contribution < 1.29 is 4.74 Å². The average Bonchev–Trinajstić information content (AvgIpc) is 2.43. The first kappa shape index (κ1) is 14.8. The van der Waals surface area contributed by atoms with Crippen LogP contribution in [-0.2, 0) is 4.74 Å². The zero-order chi connectivity index (χ0) is 13.8. The number of benzene rings is 1. The molecular formula is C15H23BrN2O. The molecule has 0 aliphatic carbocycles. The number of rotatable bonds is 4. The molecule has 1 aliphatic rings. The number of nitrogens with one attached hydrogen (secondary N) is 1. The normalized spacial score (nSPS) is 21.2. The van der Waals surface area contributed by atoms with Crippen molar-refractivity contribution in [3.8, 4) is 0 Å². The van der Waals surface area contributed by atoms with Gasteiger partial charge in [-0.15, -0.1) is 0 Å². The summed E-state index contributed by atoms with van der Waals surface area (Å²) in [6, 6.07) is 4.63. The van der Waals surface area contributed by atoms with Crippen LogP contribution >= 0.6 is 15.9 Å². The number of anilines is 1. The molecule has 0 spiro atoms. The largest absolute Gasteiger partial charge is 0.381 e. The highest BCUT2D eigenvalue weighted by molar-refractivity contribution is 9.10. The lowest BCUT2D eigenvalue weighted by Crippen LogP contribution is -2.40. The molecule has 4 heteroatoms. The van der Waals surface area contributed by atoms with Crippen LogP contribution in [0.1, 0.15) is 24.0 Å². The molecule has 19 heavy (non-hydrogen) atoms. The maximum absolute atomic E-state index is 5.93. The van der Waals surface area contributed by atoms with Gasteiger partial charge in [-0.2, -0.15) is 0 Å². The average molecular weight is 327 g/mol. The summed E-state index contributed by atoms with van der Waals surface area (Å²) in [5.74, 6) is 0.517. The van der Waals surface area contributed by atoms with Crippen molar-refractivity contribution in [2.45, 2.75) is 32.7 Å². The fourth-order valence-corrected chi connectivity index (χ4v) is 2.92. The quantitative estimate of drug-likeness (QED) is 0.893. The summed E-state index contributed by atoms with van der Waals surface area (Å²) in [7, 11) is 0. The van der Waals surface area contributed by atoms with E-state index in [1.54, 1.807) is 0 Å². The van der Waals surface area contributed by atoms with Gasteiger partial charge in [0.05, 0.1) is 6.61 Å². The Hall–Kier alpha value is -0.580. The van der Waals surface area contributed by atoms with Crippen molar-refractivity contribution in [3.05, 3.63) is 27.7 Å². The van der Waals surface area contributed by atoms with Gasteiger partial charge >= 0.3 is 0 Å². The van der Waals surface area contributed by atoms with E-state index in [-0.39, 0.29) is 0 Å². The molecule has 2 unspecified atom stereocenters. The molecule has 2 rings (SSSR count). The molecule has 0 bridgehead atoms. The van der Waals surface area contributed by atoms with Crippen molar-refractivity contribution >= 4 is 21.6 Å². The molecule has 0 aromatic heterocycles. The van der Waals surface area contributed by atoms with Crippen LogP contribution in [0.15, 0.2) is 16.6 Å². The number of halogens is 1. The molecule has 1 fully saturated rings. The molecule has 0 amide bonds. The van der Waals surface area contributed by atoms with Crippen LogP contribution in [0.25, 0.3) is 0 Å². The van der Waals surface area contributed by atoms with Crippen LogP contribution in [0.2, 0.25) is 0 Å². The second-order valence-electron chi connectivity index (χ2n) is 5.39. The minimum absolute atomic E-state index is 0.292. The summed E-state index contributed by atoms with van der Waals surface area (Å²) in [6.07, 6.45) is 2.34. The third-order valence-electron chi connectivity index (χ3n) is 3.81. The first-order chi connectivity index (χ1) is 9.11. The predicted octanol–water partition coefficient (Wildman–Crippen LogP) is 3.23. The summed E-state index contributed by atoms with van der Waals surface area (Å²) < 4.78 is 6.75. The number of aryl methyl sites for hydroxylation is 2. The highest BCUT2D eigenvalue weighted by Gasteiger charge is 2.23. The van der Waals surface area contributed by atoms with Crippen LogP contribution in [0, 0.1) is 19.8 Å². The molecule has 0 saturated carbocycles. The topological polar surface area (TPSA) is 47.3 Å². The van der Waals surface area contributed by atoms with E-state index in [4.69, 9.17) is 10.5 Å². The SMILES string of the molecule is Cc1cc(NC(CN)C2CCCOC2)cc(C)c1Br. The minimum atomic E-state index is 0.292. The van der Waals surface area contributed by atoms with Gasteiger partial charge in [0.2, 0.25) is 0 Å². The van der Waals surface area contributed by atoms with Gasteiger partial charge in [0, 0.05) is 35.3 Å². The zero-order valence-electron chi connectivity index (χ0n) is 11.7. The fraction of sp³-hybridized carbons (Fsp3) is 0.600. The molecule has 1 aromatic carbocycles. The van der Waals surface area contributed by atoms with Gasteiger partial charge in [-0.25, -0.2) is 0 Å². The molecule has 106 valence electrons. The molecule has 0 radical (unpaired) electrons. The van der Waals surface area contributed by atoms with E-state index in [1.807, 2.05) is 0 Å². The molecule has 3 N–H and O–H groups in total. The van der Waals surface area contributed by atoms with Gasteiger partial charge in [0.15, 0.2) is 0 Å². The highest BCUT2D eigenvalue weighted by Crippen LogP contribution is 2.27. The molecule has 2 atom stereocenters. The molecular weight excluding hydrogens is 304 g/mol. The van der Waals surface area contributed by atoms with Gasteiger partial charge < -0.3 is 15.8 Å². The third kappa shape index (κ3) is 3.71. The van der Waals surface area contributed by atoms with Crippen LogP contribution < -0.4 is 11.1 Å². The van der Waals surface area contributed by atoms with Crippen molar-refractivity contribution in [2.24, 2.45) is 11.7 Å². The van der Waals surface area contributed by atoms with E-state index in [9.17, 15) is 0 Å². The third-order valence-corrected chi connectivity index (χ3v) is 5.06. The zero-order valence-corrected chi connectivity index (χ0v) is 13.3. The van der Waals surface area contributed by atoms with Crippen LogP contribution in [-0.4, -0.2) is 25.8 Å². The lowest BCUT2D eigenvalue weighted by Gasteiger charge is -2.31. The molecule has 1 saturated heterocycles. The molecule has 1 heterocycles. The Labute approximate surface area is 124 Å². The molecule has 3 nitrogen and oxygen atoms in total. The Morgan fingerprint density at radius 2 is 2.11 bits per heavy atom. The lowest BCUT2D eigenvalue weighted by molar-refractivity contribution is 0.0485. The highest BCUT2D eigenvalue weighted by atomic mass is 79.9. The van der Waals surface area contributed by atoms with Crippen molar-refractivity contribution in [3.63, 3.8) is 0 Å². The molecule has 1 aliphatic heterocycles. The smallest absolute Gasteiger partial charge is 0.0514 e. The Balaban J connectivity index is 2.09. The van der Waals surface area contributed by atoms with Gasteiger partial charge in [-0.3, -0.25) is 0 Å². The number of hydrogen-bond acceptors (Lipinski definition) is 3. The van der Waals surface area contributed by atoms with Crippen LogP contribution in [0.3, 0.4) is 0 Å². The van der Waals surface area contributed by atoms with E-state index in [1.165, 1.54) is 22.0 Å². The summed E-state index contributed by atoms with van der Waals surface area (Å²) in [5, 5.41) is 3.58. The van der Waals surface area contributed by atoms with Gasteiger partial charge in [-0.05, 0) is 49.9 Å². The van der Waals surface area contributed by atoms with E-state index in [0.29, 0.717) is 18.5 Å². The number of ether oxygens (including phenoxy) is 1. The van der Waals surface area contributed by atoms with Crippen molar-refractivity contribution in [1.29, 1.82) is 0 Å². The molecule has 1 aromatic rings. The van der Waals surface area contributed by atoms with Crippen molar-refractivity contribution in [2.75, 3.05) is 25.1 Å². The Morgan fingerprint density at radius 3 is 2.63 bits per heavy atom. The van der Waals surface area contributed by atoms with E-state index >= 15 is 0 Å². The summed E-state index contributed by atoms with van der Waals surface area (Å²) in [5.41, 5.74) is 9.58. The van der Waals surface area contributed by atoms with Gasteiger partial charge in [0.25, 0.3) is 0 Å². The van der Waals surface area contributed by atoms with E-state index < -0.39 is 0 Å². The first-order valence-corrected chi connectivity index (χ1v) is 7.72. The maximum Gasteiger partial charge on any atom is 0.0514 e. The second kappa shape index (κ2) is 6.73. The van der Waals surface area contributed by atoms with Gasteiger partial charge in [0.1, 0.15) is 0 Å².